The molecule has 2 atom stereocenters. The van der Waals surface area contributed by atoms with Crippen molar-refractivity contribution in [1.82, 2.24) is 10.2 Å². The number of carboxylic acids is 1. The summed E-state index contributed by atoms with van der Waals surface area (Å²) in [6.45, 7) is 1.56. The van der Waals surface area contributed by atoms with E-state index in [0.29, 0.717) is 38.0 Å². The van der Waals surface area contributed by atoms with Crippen LogP contribution in [0.15, 0.2) is 0 Å². The van der Waals surface area contributed by atoms with Gasteiger partial charge in [-0.2, -0.15) is 0 Å². The summed E-state index contributed by atoms with van der Waals surface area (Å²) in [6.07, 6.45) is 4.02. The highest BCUT2D eigenvalue weighted by atomic mass is 16.5. The highest BCUT2D eigenvalue weighted by molar-refractivity contribution is 5.86. The third-order valence-corrected chi connectivity index (χ3v) is 4.77. The Kier molecular flexibility index (Phi) is 3.12. The van der Waals surface area contributed by atoms with Gasteiger partial charge in [0.2, 0.25) is 0 Å². The van der Waals surface area contributed by atoms with E-state index in [1.165, 1.54) is 6.42 Å². The first-order valence-corrected chi connectivity index (χ1v) is 7.01. The molecular formula is C13H20N2O4. The Balaban J connectivity index is 1.68. The summed E-state index contributed by atoms with van der Waals surface area (Å²) in [6, 6.07) is 0.104. The Morgan fingerprint density at radius 2 is 2.00 bits per heavy atom. The highest BCUT2D eigenvalue weighted by Crippen LogP contribution is 2.37. The lowest BCUT2D eigenvalue weighted by molar-refractivity contribution is -0.148. The van der Waals surface area contributed by atoms with Crippen LogP contribution in [-0.2, 0) is 9.53 Å². The van der Waals surface area contributed by atoms with Crippen molar-refractivity contribution in [3.63, 3.8) is 0 Å². The average Bonchev–Trinajstić information content (AvgIpc) is 3.02. The number of likely N-dealkylation sites (tertiary alicyclic amines) is 1. The van der Waals surface area contributed by atoms with E-state index in [4.69, 9.17) is 4.74 Å². The van der Waals surface area contributed by atoms with Crippen LogP contribution >= 0.6 is 0 Å². The van der Waals surface area contributed by atoms with Crippen LogP contribution < -0.4 is 5.32 Å². The number of rotatable bonds is 2. The number of hydrogen-bond acceptors (Lipinski definition) is 3. The molecule has 3 rings (SSSR count). The maximum absolute atomic E-state index is 12.3. The first-order valence-electron chi connectivity index (χ1n) is 7.01. The Morgan fingerprint density at radius 3 is 2.53 bits per heavy atom. The summed E-state index contributed by atoms with van der Waals surface area (Å²) in [4.78, 5) is 25.6. The second kappa shape index (κ2) is 4.67. The molecule has 6 heteroatoms. The van der Waals surface area contributed by atoms with E-state index in [1.807, 2.05) is 4.90 Å². The summed E-state index contributed by atoms with van der Waals surface area (Å²) in [7, 11) is 0. The van der Waals surface area contributed by atoms with Crippen molar-refractivity contribution in [2.75, 3.05) is 19.8 Å². The zero-order valence-electron chi connectivity index (χ0n) is 10.9. The van der Waals surface area contributed by atoms with Gasteiger partial charge in [-0.15, -0.1) is 0 Å². The number of fused-ring (bicyclic) bond motifs is 2. The fraction of sp³-hybridized carbons (Fsp3) is 0.846. The molecule has 0 spiro atoms. The molecule has 2 unspecified atom stereocenters. The molecule has 0 aromatic carbocycles. The van der Waals surface area contributed by atoms with Gasteiger partial charge in [-0.25, -0.2) is 9.59 Å². The van der Waals surface area contributed by atoms with Crippen molar-refractivity contribution in [1.29, 1.82) is 0 Å². The molecule has 3 fully saturated rings. The van der Waals surface area contributed by atoms with Gasteiger partial charge in [0.15, 0.2) is 0 Å². The first kappa shape index (κ1) is 12.7. The van der Waals surface area contributed by atoms with E-state index in [1.54, 1.807) is 0 Å². The SMILES string of the molecule is O=C(NC1(C(=O)O)CCOCC1)N1CC2CCC1C2. The van der Waals surface area contributed by atoms with Gasteiger partial charge in [-0.1, -0.05) is 0 Å². The Morgan fingerprint density at radius 1 is 1.26 bits per heavy atom. The number of nitrogens with one attached hydrogen (secondary N) is 1. The predicted molar refractivity (Wildman–Crippen MR) is 66.8 cm³/mol. The number of nitrogens with zero attached hydrogens (tertiary/aromatic N) is 1. The smallest absolute Gasteiger partial charge is 0.329 e. The second-order valence-corrected chi connectivity index (χ2v) is 5.92. The van der Waals surface area contributed by atoms with Crippen LogP contribution in [0, 0.1) is 5.92 Å². The summed E-state index contributed by atoms with van der Waals surface area (Å²) in [5.41, 5.74) is -1.14. The fourth-order valence-electron chi connectivity index (χ4n) is 3.56. The number of aliphatic carboxylic acids is 1. The minimum atomic E-state index is -1.14. The van der Waals surface area contributed by atoms with E-state index in [0.717, 1.165) is 19.4 Å². The van der Waals surface area contributed by atoms with Gasteiger partial charge in [-0.3, -0.25) is 0 Å². The lowest BCUT2D eigenvalue weighted by atomic mass is 9.90. The van der Waals surface area contributed by atoms with Gasteiger partial charge in [0.1, 0.15) is 5.54 Å². The predicted octanol–water partition coefficient (Wildman–Crippen LogP) is 0.814. The molecule has 0 aromatic heterocycles. The van der Waals surface area contributed by atoms with Gasteiger partial charge < -0.3 is 20.1 Å². The monoisotopic (exact) mass is 268 g/mol. The molecule has 3 aliphatic rings. The molecule has 0 radical (unpaired) electrons. The maximum Gasteiger partial charge on any atom is 0.329 e. The van der Waals surface area contributed by atoms with Gasteiger partial charge in [-0.05, 0) is 25.2 Å². The number of hydrogen-bond donors (Lipinski definition) is 2. The molecule has 1 saturated carbocycles. The molecule has 2 aliphatic heterocycles. The molecule has 2 N–H and O–H groups in total. The standard InChI is InChI=1S/C13H20N2O4/c16-11(17)13(3-5-19-6-4-13)14-12(18)15-8-9-1-2-10(15)7-9/h9-10H,1-8H2,(H,14,18)(H,16,17). The molecule has 2 heterocycles. The number of ether oxygens (including phenoxy) is 1. The van der Waals surface area contributed by atoms with Crippen molar-refractivity contribution >= 4 is 12.0 Å². The van der Waals surface area contributed by atoms with E-state index in [9.17, 15) is 14.7 Å². The number of carbonyl (C=O) groups is 2. The summed E-state index contributed by atoms with van der Waals surface area (Å²) >= 11 is 0. The Labute approximate surface area is 112 Å². The van der Waals surface area contributed by atoms with Crippen LogP contribution in [0.25, 0.3) is 0 Å². The largest absolute Gasteiger partial charge is 0.480 e. The van der Waals surface area contributed by atoms with Crippen LogP contribution in [0.1, 0.15) is 32.1 Å². The zero-order valence-corrected chi connectivity index (χ0v) is 10.9. The van der Waals surface area contributed by atoms with Crippen LogP contribution in [-0.4, -0.2) is 53.3 Å². The van der Waals surface area contributed by atoms with Crippen molar-refractivity contribution in [2.45, 2.75) is 43.7 Å². The summed E-state index contributed by atoms with van der Waals surface area (Å²) < 4.78 is 5.20. The highest BCUT2D eigenvalue weighted by Gasteiger charge is 2.46. The van der Waals surface area contributed by atoms with E-state index < -0.39 is 11.5 Å². The molecule has 2 bridgehead atoms. The van der Waals surface area contributed by atoms with Crippen molar-refractivity contribution in [3.05, 3.63) is 0 Å². The van der Waals surface area contributed by atoms with Gasteiger partial charge >= 0.3 is 12.0 Å². The molecule has 2 amide bonds. The van der Waals surface area contributed by atoms with Gasteiger partial charge in [0.25, 0.3) is 0 Å². The second-order valence-electron chi connectivity index (χ2n) is 5.92. The lowest BCUT2D eigenvalue weighted by Crippen LogP contribution is -2.61. The number of carbonyl (C=O) groups excluding carboxylic acids is 1. The van der Waals surface area contributed by atoms with Gasteiger partial charge in [0.05, 0.1) is 0 Å². The fourth-order valence-corrected chi connectivity index (χ4v) is 3.56. The normalized spacial score (nSPS) is 32.3. The molecule has 1 aliphatic carbocycles. The third-order valence-electron chi connectivity index (χ3n) is 4.77. The lowest BCUT2D eigenvalue weighted by Gasteiger charge is -2.37. The molecule has 106 valence electrons. The number of urea groups is 1. The van der Waals surface area contributed by atoms with E-state index in [-0.39, 0.29) is 6.03 Å². The Hall–Kier alpha value is -1.30. The van der Waals surface area contributed by atoms with Crippen LogP contribution in [0.5, 0.6) is 0 Å². The molecule has 6 nitrogen and oxygen atoms in total. The number of piperidine rings is 1. The first-order chi connectivity index (χ1) is 9.11. The average molecular weight is 268 g/mol. The molecular weight excluding hydrogens is 248 g/mol. The van der Waals surface area contributed by atoms with Crippen LogP contribution in [0.2, 0.25) is 0 Å². The van der Waals surface area contributed by atoms with E-state index in [2.05, 4.69) is 5.32 Å². The van der Waals surface area contributed by atoms with Crippen molar-refractivity contribution < 1.29 is 19.4 Å². The number of carboxylic acid groups (broad SMARTS) is 1. The minimum absolute atomic E-state index is 0.212. The topological polar surface area (TPSA) is 78.9 Å². The molecule has 0 aromatic rings. The van der Waals surface area contributed by atoms with Crippen molar-refractivity contribution in [3.8, 4) is 0 Å². The minimum Gasteiger partial charge on any atom is -0.480 e. The molecule has 2 saturated heterocycles. The van der Waals surface area contributed by atoms with Gasteiger partial charge in [0, 0.05) is 38.6 Å². The quantitative estimate of drug-likeness (QED) is 0.777. The Bertz CT molecular complexity index is 392. The maximum atomic E-state index is 12.3. The van der Waals surface area contributed by atoms with E-state index >= 15 is 0 Å². The number of amides is 2. The third kappa shape index (κ3) is 2.18. The zero-order chi connectivity index (χ0) is 13.5. The molecule has 19 heavy (non-hydrogen) atoms. The van der Waals surface area contributed by atoms with Crippen molar-refractivity contribution in [2.24, 2.45) is 5.92 Å². The summed E-state index contributed by atoms with van der Waals surface area (Å²) in [5.74, 6) is -0.334. The summed E-state index contributed by atoms with van der Waals surface area (Å²) in [5, 5.41) is 12.2. The van der Waals surface area contributed by atoms with Crippen LogP contribution in [0.4, 0.5) is 4.79 Å². The van der Waals surface area contributed by atoms with Crippen LogP contribution in [0.3, 0.4) is 0 Å².